The smallest absolute Gasteiger partial charge is 0.226 e. The van der Waals surface area contributed by atoms with Crippen LogP contribution in [0.1, 0.15) is 44.7 Å². The highest BCUT2D eigenvalue weighted by atomic mass is 35.5. The molecule has 1 aliphatic heterocycles. The van der Waals surface area contributed by atoms with Crippen molar-refractivity contribution in [1.82, 2.24) is 0 Å². The molecule has 2 heterocycles. The van der Waals surface area contributed by atoms with Crippen LogP contribution < -0.4 is 4.74 Å². The van der Waals surface area contributed by atoms with Gasteiger partial charge >= 0.3 is 0 Å². The minimum atomic E-state index is -2.04. The maximum atomic E-state index is 13.4. The van der Waals surface area contributed by atoms with Crippen molar-refractivity contribution in [2.45, 2.75) is 63.4 Å². The van der Waals surface area contributed by atoms with Gasteiger partial charge in [-0.25, -0.2) is 0 Å². The van der Waals surface area contributed by atoms with E-state index in [9.17, 15) is 5.11 Å². The third-order valence-corrected chi connectivity index (χ3v) is 11.6. The minimum absolute atomic E-state index is 0.218. The molecule has 1 unspecified atom stereocenters. The van der Waals surface area contributed by atoms with Crippen LogP contribution >= 0.6 is 22.9 Å². The van der Waals surface area contributed by atoms with Gasteiger partial charge < -0.3 is 28.8 Å². The SMILES string of the molecule is OC1(c2cc(Cc3cc4ccccc4s3)c(Cl)cc2OCc2ccccc2)O[C@H](COCc2ccccc2)C[C@H](OCc2ccccc2)[C@@H]1OCc1ccccc1. The molecule has 8 rings (SSSR count). The Bertz CT molecular complexity index is 2290. The molecule has 0 bridgehead atoms. The van der Waals surface area contributed by atoms with Gasteiger partial charge in [-0.15, -0.1) is 11.3 Å². The summed E-state index contributed by atoms with van der Waals surface area (Å²) >= 11 is 8.85. The maximum absolute atomic E-state index is 13.4. The van der Waals surface area contributed by atoms with Gasteiger partial charge in [0.25, 0.3) is 0 Å². The Morgan fingerprint density at radius 1 is 0.649 bits per heavy atom. The van der Waals surface area contributed by atoms with Gasteiger partial charge in [-0.3, -0.25) is 0 Å². The molecule has 8 heteroatoms. The van der Waals surface area contributed by atoms with Crippen molar-refractivity contribution in [2.24, 2.45) is 0 Å². The van der Waals surface area contributed by atoms with Crippen molar-refractivity contribution in [3.63, 3.8) is 0 Å². The Morgan fingerprint density at radius 3 is 1.84 bits per heavy atom. The number of halogens is 1. The molecule has 57 heavy (non-hydrogen) atoms. The lowest BCUT2D eigenvalue weighted by Crippen LogP contribution is -2.58. The van der Waals surface area contributed by atoms with Gasteiger partial charge in [0.1, 0.15) is 18.5 Å². The molecule has 1 aliphatic rings. The van der Waals surface area contributed by atoms with E-state index in [-0.39, 0.29) is 19.8 Å². The van der Waals surface area contributed by atoms with Crippen LogP contribution in [0.15, 0.2) is 164 Å². The Morgan fingerprint density at radius 2 is 1.21 bits per heavy atom. The fourth-order valence-corrected chi connectivity index (χ4v) is 8.61. The molecular formula is C49H45ClO6S. The molecule has 1 fully saturated rings. The van der Waals surface area contributed by atoms with E-state index in [4.69, 9.17) is 35.3 Å². The normalized spacial score (nSPS) is 19.4. The summed E-state index contributed by atoms with van der Waals surface area (Å²) in [6, 6.07) is 54.1. The second-order valence-electron chi connectivity index (χ2n) is 14.4. The first kappa shape index (κ1) is 39.0. The summed E-state index contributed by atoms with van der Waals surface area (Å²) in [5.41, 5.74) is 5.22. The molecule has 1 N–H and O–H groups in total. The second-order valence-corrected chi connectivity index (χ2v) is 15.9. The van der Waals surface area contributed by atoms with Crippen LogP contribution in [0, 0.1) is 0 Å². The van der Waals surface area contributed by atoms with Gasteiger partial charge in [0.2, 0.25) is 5.79 Å². The molecule has 1 saturated heterocycles. The Labute approximate surface area is 343 Å². The third-order valence-electron chi connectivity index (χ3n) is 10.2. The number of rotatable bonds is 16. The molecule has 0 spiro atoms. The molecule has 1 aromatic heterocycles. The average molecular weight is 797 g/mol. The first-order valence-corrected chi connectivity index (χ1v) is 20.5. The van der Waals surface area contributed by atoms with Gasteiger partial charge in [-0.2, -0.15) is 0 Å². The van der Waals surface area contributed by atoms with E-state index in [1.54, 1.807) is 17.4 Å². The first-order valence-electron chi connectivity index (χ1n) is 19.3. The van der Waals surface area contributed by atoms with Crippen molar-refractivity contribution >= 4 is 33.0 Å². The summed E-state index contributed by atoms with van der Waals surface area (Å²) < 4.78 is 34.4. The number of hydrogen-bond acceptors (Lipinski definition) is 7. The highest BCUT2D eigenvalue weighted by molar-refractivity contribution is 7.19. The Balaban J connectivity index is 1.20. The number of ether oxygens (including phenoxy) is 5. The van der Waals surface area contributed by atoms with Crippen LogP contribution in [-0.2, 0) is 57.6 Å². The number of thiophene rings is 1. The fourth-order valence-electron chi connectivity index (χ4n) is 7.30. The van der Waals surface area contributed by atoms with Gasteiger partial charge in [-0.05, 0) is 57.5 Å². The average Bonchev–Trinajstić information content (AvgIpc) is 3.66. The zero-order valence-electron chi connectivity index (χ0n) is 31.5. The first-order chi connectivity index (χ1) is 28.0. The van der Waals surface area contributed by atoms with Crippen molar-refractivity contribution in [1.29, 1.82) is 0 Å². The molecule has 0 amide bonds. The second kappa shape index (κ2) is 18.6. The fraction of sp³-hybridized carbons (Fsp3) is 0.224. The molecule has 0 aliphatic carbocycles. The molecule has 6 nitrogen and oxygen atoms in total. The summed E-state index contributed by atoms with van der Waals surface area (Å²) in [6.07, 6.45) is -1.15. The van der Waals surface area contributed by atoms with Gasteiger partial charge in [0.05, 0.1) is 44.2 Å². The highest BCUT2D eigenvalue weighted by Crippen LogP contribution is 2.46. The molecular weight excluding hydrogens is 752 g/mol. The Kier molecular flexibility index (Phi) is 12.7. The van der Waals surface area contributed by atoms with Gasteiger partial charge in [0.15, 0.2) is 0 Å². The van der Waals surface area contributed by atoms with Crippen LogP contribution in [0.25, 0.3) is 10.1 Å². The number of benzene rings is 6. The molecule has 6 aromatic carbocycles. The summed E-state index contributed by atoms with van der Waals surface area (Å²) in [5, 5.41) is 15.1. The highest BCUT2D eigenvalue weighted by Gasteiger charge is 2.53. The van der Waals surface area contributed by atoms with Crippen molar-refractivity contribution in [3.8, 4) is 5.75 Å². The zero-order valence-corrected chi connectivity index (χ0v) is 33.1. The molecule has 7 aromatic rings. The van der Waals surface area contributed by atoms with Crippen molar-refractivity contribution in [2.75, 3.05) is 6.61 Å². The maximum Gasteiger partial charge on any atom is 0.226 e. The van der Waals surface area contributed by atoms with E-state index >= 15 is 0 Å². The molecule has 0 saturated carbocycles. The lowest BCUT2D eigenvalue weighted by molar-refractivity contribution is -0.352. The van der Waals surface area contributed by atoms with Crippen LogP contribution in [0.2, 0.25) is 5.02 Å². The quantitative estimate of drug-likeness (QED) is 0.105. The van der Waals surface area contributed by atoms with E-state index in [0.717, 1.165) is 32.7 Å². The van der Waals surface area contributed by atoms with Crippen LogP contribution in [-0.4, -0.2) is 30.0 Å². The predicted octanol–water partition coefficient (Wildman–Crippen LogP) is 11.0. The Hall–Kier alpha value is -4.83. The zero-order chi connectivity index (χ0) is 38.9. The minimum Gasteiger partial charge on any atom is -0.488 e. The summed E-state index contributed by atoms with van der Waals surface area (Å²) in [5.74, 6) is -1.65. The van der Waals surface area contributed by atoms with E-state index in [0.29, 0.717) is 42.4 Å². The third kappa shape index (κ3) is 9.83. The monoisotopic (exact) mass is 796 g/mol. The summed E-state index contributed by atoms with van der Waals surface area (Å²) in [4.78, 5) is 1.15. The van der Waals surface area contributed by atoms with Crippen molar-refractivity contribution in [3.05, 3.63) is 207 Å². The lowest BCUT2D eigenvalue weighted by atomic mass is 9.87. The van der Waals surface area contributed by atoms with Crippen LogP contribution in [0.4, 0.5) is 0 Å². The molecule has 290 valence electrons. The number of aliphatic hydroxyl groups is 1. The molecule has 0 radical (unpaired) electrons. The van der Waals surface area contributed by atoms with Gasteiger partial charge in [0, 0.05) is 27.4 Å². The van der Waals surface area contributed by atoms with E-state index < -0.39 is 24.1 Å². The van der Waals surface area contributed by atoms with Crippen molar-refractivity contribution < 1.29 is 28.8 Å². The predicted molar refractivity (Wildman–Crippen MR) is 226 cm³/mol. The number of fused-ring (bicyclic) bond motifs is 1. The van der Waals surface area contributed by atoms with Crippen LogP contribution in [0.5, 0.6) is 5.75 Å². The van der Waals surface area contributed by atoms with E-state index in [1.165, 1.54) is 10.1 Å². The largest absolute Gasteiger partial charge is 0.488 e. The standard InChI is InChI=1S/C49H45ClO6S/c50-44-29-45(53-31-36-17-7-2-8-18-36)43(27-40(44)26-42-25-39-23-13-14-24-47(39)57-42)49(51)48(55-33-38-21-11-4-12-22-38)46(54-32-37-19-9-3-10-20-37)28-41(56-49)34-52-30-35-15-5-1-6-16-35/h1-25,27,29,41,46,48,51H,26,28,30-34H2/t41-,46-,48-,49?/m0/s1. The topological polar surface area (TPSA) is 66.4 Å². The molecule has 4 atom stereocenters. The van der Waals surface area contributed by atoms with E-state index in [2.05, 4.69) is 18.2 Å². The summed E-state index contributed by atoms with van der Waals surface area (Å²) in [7, 11) is 0. The van der Waals surface area contributed by atoms with E-state index in [1.807, 2.05) is 140 Å². The van der Waals surface area contributed by atoms with Gasteiger partial charge in [-0.1, -0.05) is 151 Å². The number of hydrogen-bond donors (Lipinski definition) is 1. The lowest BCUT2D eigenvalue weighted by Gasteiger charge is -2.47. The van der Waals surface area contributed by atoms with Crippen LogP contribution in [0.3, 0.4) is 0 Å². The summed E-state index contributed by atoms with van der Waals surface area (Å²) in [6.45, 7) is 1.41.